The van der Waals surface area contributed by atoms with Crippen molar-refractivity contribution in [2.75, 3.05) is 47.5 Å². The van der Waals surface area contributed by atoms with E-state index in [2.05, 4.69) is 50.3 Å². The van der Waals surface area contributed by atoms with Crippen LogP contribution in [-0.2, 0) is 32.7 Å². The monoisotopic (exact) mass is 1180 g/mol. The van der Waals surface area contributed by atoms with E-state index < -0.39 is 26.5 Å². The van der Waals surface area contributed by atoms with E-state index in [0.717, 1.165) is 44.9 Å². The minimum atomic E-state index is -4.64. The Kier molecular flexibility index (Phi) is 62.3. The number of ether oxygens (including phenoxy) is 2. The number of nitrogens with zero attached hydrogens (tertiary/aromatic N) is 1. The maximum Gasteiger partial charge on any atom is 0.306 e. The molecule has 0 N–H and O–H groups in total. The van der Waals surface area contributed by atoms with Crippen LogP contribution in [0.25, 0.3) is 0 Å². The van der Waals surface area contributed by atoms with Gasteiger partial charge in [-0.25, -0.2) is 0 Å². The molecule has 0 saturated heterocycles. The van der Waals surface area contributed by atoms with Crippen LogP contribution in [0.2, 0.25) is 0 Å². The lowest BCUT2D eigenvalue weighted by Gasteiger charge is -2.28. The van der Waals surface area contributed by atoms with Crippen molar-refractivity contribution in [3.63, 3.8) is 0 Å². The van der Waals surface area contributed by atoms with Gasteiger partial charge in [0.2, 0.25) is 0 Å². The second-order valence-electron chi connectivity index (χ2n) is 25.6. The number of rotatable bonds is 67. The van der Waals surface area contributed by atoms with Crippen molar-refractivity contribution in [3.05, 3.63) is 36.5 Å². The molecule has 0 aliphatic carbocycles. The normalized spacial score (nSPS) is 13.3. The second kappa shape index (κ2) is 63.7. The van der Waals surface area contributed by atoms with E-state index in [9.17, 15) is 19.0 Å². The number of allylic oxidation sites excluding steroid dienone is 6. The topological polar surface area (TPSA) is 111 Å². The lowest BCUT2D eigenvalue weighted by Crippen LogP contribution is -2.37. The summed E-state index contributed by atoms with van der Waals surface area (Å²) in [6, 6.07) is 0. The highest BCUT2D eigenvalue weighted by Crippen LogP contribution is 2.38. The summed E-state index contributed by atoms with van der Waals surface area (Å²) in [7, 11) is 1.19. The van der Waals surface area contributed by atoms with Gasteiger partial charge in [-0.1, -0.05) is 333 Å². The number of hydrogen-bond acceptors (Lipinski definition) is 8. The van der Waals surface area contributed by atoms with Gasteiger partial charge in [-0.05, 0) is 51.4 Å². The van der Waals surface area contributed by atoms with Crippen molar-refractivity contribution in [1.82, 2.24) is 0 Å². The molecule has 0 heterocycles. The fraction of sp³-hybridized carbons (Fsp3) is 0.889. The Labute approximate surface area is 510 Å². The highest BCUT2D eigenvalue weighted by Gasteiger charge is 2.22. The predicted molar refractivity (Wildman–Crippen MR) is 351 cm³/mol. The van der Waals surface area contributed by atoms with Crippen LogP contribution >= 0.6 is 7.82 Å². The van der Waals surface area contributed by atoms with E-state index in [1.807, 2.05) is 21.1 Å². The molecule has 82 heavy (non-hydrogen) atoms. The molecule has 0 aromatic carbocycles. The summed E-state index contributed by atoms with van der Waals surface area (Å²) in [6.07, 6.45) is 81.0. The molecule has 484 valence electrons. The van der Waals surface area contributed by atoms with E-state index in [-0.39, 0.29) is 32.0 Å². The first kappa shape index (κ1) is 80.2. The lowest BCUT2D eigenvalue weighted by atomic mass is 10.0. The van der Waals surface area contributed by atoms with Crippen molar-refractivity contribution < 1.29 is 42.1 Å². The summed E-state index contributed by atoms with van der Waals surface area (Å²) in [4.78, 5) is 38.0. The quantitative estimate of drug-likeness (QED) is 0.0195. The molecule has 0 aliphatic heterocycles. The van der Waals surface area contributed by atoms with E-state index in [0.29, 0.717) is 17.4 Å². The molecular weight excluding hydrogens is 1040 g/mol. The summed E-state index contributed by atoms with van der Waals surface area (Å²) in [5, 5.41) is 0. The van der Waals surface area contributed by atoms with Crippen molar-refractivity contribution in [2.45, 2.75) is 367 Å². The number of quaternary nitrogens is 1. The molecule has 0 saturated carbocycles. The molecule has 2 atom stereocenters. The molecule has 0 amide bonds. The Morgan fingerprint density at radius 2 is 0.659 bits per heavy atom. The third-order valence-electron chi connectivity index (χ3n) is 16.2. The van der Waals surface area contributed by atoms with E-state index in [1.165, 1.54) is 283 Å². The summed E-state index contributed by atoms with van der Waals surface area (Å²) in [5.74, 6) is -0.810. The van der Waals surface area contributed by atoms with Crippen LogP contribution in [0.5, 0.6) is 0 Å². The Balaban J connectivity index is 3.90. The number of carbonyl (C=O) groups is 2. The van der Waals surface area contributed by atoms with Crippen molar-refractivity contribution in [1.29, 1.82) is 0 Å². The average Bonchev–Trinajstić information content (AvgIpc) is 3.46. The van der Waals surface area contributed by atoms with Crippen LogP contribution in [0, 0.1) is 0 Å². The van der Waals surface area contributed by atoms with Crippen molar-refractivity contribution in [2.24, 2.45) is 0 Å². The number of hydrogen-bond donors (Lipinski definition) is 0. The molecule has 9 nitrogen and oxygen atoms in total. The van der Waals surface area contributed by atoms with E-state index in [1.54, 1.807) is 0 Å². The first-order valence-electron chi connectivity index (χ1n) is 35.7. The summed E-state index contributed by atoms with van der Waals surface area (Å²) in [6.45, 7) is 4.30. The summed E-state index contributed by atoms with van der Waals surface area (Å²) >= 11 is 0. The highest BCUT2D eigenvalue weighted by molar-refractivity contribution is 7.45. The highest BCUT2D eigenvalue weighted by atomic mass is 31.2. The fourth-order valence-corrected chi connectivity index (χ4v) is 11.4. The first-order chi connectivity index (χ1) is 40.0. The van der Waals surface area contributed by atoms with E-state index in [4.69, 9.17) is 18.5 Å². The van der Waals surface area contributed by atoms with Gasteiger partial charge in [0.05, 0.1) is 27.7 Å². The zero-order valence-corrected chi connectivity index (χ0v) is 56.1. The maximum atomic E-state index is 12.9. The predicted octanol–water partition coefficient (Wildman–Crippen LogP) is 22.4. The molecule has 10 heteroatoms. The van der Waals surface area contributed by atoms with Gasteiger partial charge in [0, 0.05) is 12.8 Å². The molecular formula is C72H138NO8P. The minimum Gasteiger partial charge on any atom is -0.756 e. The summed E-state index contributed by atoms with van der Waals surface area (Å²) in [5.41, 5.74) is 0. The van der Waals surface area contributed by atoms with Crippen LogP contribution < -0.4 is 4.89 Å². The van der Waals surface area contributed by atoms with Gasteiger partial charge in [-0.15, -0.1) is 0 Å². The number of carbonyl (C=O) groups excluding carboxylic acids is 2. The minimum absolute atomic E-state index is 0.0269. The number of likely N-dealkylation sites (N-methyl/N-ethyl adjacent to an activating group) is 1. The molecule has 0 aliphatic rings. The van der Waals surface area contributed by atoms with Gasteiger partial charge in [-0.3, -0.25) is 14.2 Å². The molecule has 0 spiro atoms. The van der Waals surface area contributed by atoms with Crippen LogP contribution in [0.15, 0.2) is 36.5 Å². The Morgan fingerprint density at radius 1 is 0.378 bits per heavy atom. The van der Waals surface area contributed by atoms with Gasteiger partial charge < -0.3 is 27.9 Å². The van der Waals surface area contributed by atoms with Crippen LogP contribution in [0.3, 0.4) is 0 Å². The van der Waals surface area contributed by atoms with Crippen LogP contribution in [-0.4, -0.2) is 70.0 Å². The van der Waals surface area contributed by atoms with Gasteiger partial charge in [0.15, 0.2) is 6.10 Å². The third-order valence-corrected chi connectivity index (χ3v) is 17.1. The largest absolute Gasteiger partial charge is 0.756 e. The smallest absolute Gasteiger partial charge is 0.306 e. The molecule has 0 bridgehead atoms. The third kappa shape index (κ3) is 67.4. The fourth-order valence-electron chi connectivity index (χ4n) is 10.7. The Morgan fingerprint density at radius 3 is 0.976 bits per heavy atom. The Bertz CT molecular complexity index is 1480. The zero-order valence-electron chi connectivity index (χ0n) is 55.2. The number of esters is 2. The van der Waals surface area contributed by atoms with Crippen molar-refractivity contribution in [3.8, 4) is 0 Å². The standard InChI is InChI=1S/C72H138NO8P/c1-6-8-10-12-14-16-18-20-22-24-26-27-28-29-30-31-32-33-34-35-36-37-38-39-40-41-42-43-44-45-47-49-51-53-55-57-59-61-63-65-72(75)81-70(69-80-82(76,77)79-67-66-73(3,4)5)68-78-71(74)64-62-60-58-56-54-52-50-48-46-25-23-21-19-17-15-13-11-9-7-2/h18,20,24,26,28-29,70H,6-17,19,21-23,25,27,30-69H2,1-5H3/b20-18-,26-24-,29-28-. The van der Waals surface area contributed by atoms with Gasteiger partial charge >= 0.3 is 11.9 Å². The molecule has 0 radical (unpaired) electrons. The first-order valence-corrected chi connectivity index (χ1v) is 37.2. The van der Waals surface area contributed by atoms with E-state index >= 15 is 0 Å². The number of phosphoric ester groups is 1. The van der Waals surface area contributed by atoms with Gasteiger partial charge in [0.1, 0.15) is 19.8 Å². The van der Waals surface area contributed by atoms with Crippen LogP contribution in [0.1, 0.15) is 361 Å². The lowest BCUT2D eigenvalue weighted by molar-refractivity contribution is -0.870. The van der Waals surface area contributed by atoms with Crippen molar-refractivity contribution >= 4 is 19.8 Å². The maximum absolute atomic E-state index is 12.9. The van der Waals surface area contributed by atoms with Crippen LogP contribution in [0.4, 0.5) is 0 Å². The molecule has 0 aromatic heterocycles. The Hall–Kier alpha value is -1.77. The molecule has 0 rings (SSSR count). The molecule has 2 unspecified atom stereocenters. The number of phosphoric acid groups is 1. The molecule has 0 fully saturated rings. The van der Waals surface area contributed by atoms with Gasteiger partial charge in [0.25, 0.3) is 7.82 Å². The number of unbranched alkanes of at least 4 members (excludes halogenated alkanes) is 47. The molecule has 0 aromatic rings. The van der Waals surface area contributed by atoms with Gasteiger partial charge in [-0.2, -0.15) is 0 Å². The second-order valence-corrected chi connectivity index (χ2v) is 27.0. The zero-order chi connectivity index (χ0) is 59.8. The summed E-state index contributed by atoms with van der Waals surface area (Å²) < 4.78 is 34.3. The SMILES string of the molecule is CCCCCCC/C=C\C/C=C\C/C=C\CCCCCCCCCCCCCCCCCCCCCCCCCCC(=O)OC(COC(=O)CCCCCCCCCCCCCCCCCCCCC)COP(=O)([O-])OCC[N+](C)(C)C. The average molecular weight is 1180 g/mol.